The lowest BCUT2D eigenvalue weighted by molar-refractivity contribution is -0.0713. The summed E-state index contributed by atoms with van der Waals surface area (Å²) in [4.78, 5) is 0. The molecule has 0 radical (unpaired) electrons. The Hall–Kier alpha value is -0.260. The molecule has 0 aromatic carbocycles. The van der Waals surface area contributed by atoms with Crippen LogP contribution in [0, 0.1) is 0 Å². The Morgan fingerprint density at radius 1 is 1.33 bits per heavy atom. The van der Waals surface area contributed by atoms with Gasteiger partial charge in [-0.1, -0.05) is 0 Å². The van der Waals surface area contributed by atoms with Crippen molar-refractivity contribution in [2.24, 2.45) is 5.73 Å². The summed E-state index contributed by atoms with van der Waals surface area (Å²) >= 11 is 0. The maximum absolute atomic E-state index is 12.4. The molecule has 0 fully saturated rings. The third-order valence-electron chi connectivity index (χ3n) is 1.25. The van der Waals surface area contributed by atoms with Crippen LogP contribution in [0.4, 0.5) is 8.78 Å². The van der Waals surface area contributed by atoms with E-state index in [0.717, 1.165) is 0 Å². The predicted octanol–water partition coefficient (Wildman–Crippen LogP) is 0.634. The van der Waals surface area contributed by atoms with Crippen molar-refractivity contribution in [3.8, 4) is 0 Å². The van der Waals surface area contributed by atoms with E-state index in [9.17, 15) is 8.78 Å². The van der Waals surface area contributed by atoms with Gasteiger partial charge in [0.05, 0.1) is 6.54 Å². The minimum atomic E-state index is -2.90. The third kappa shape index (κ3) is 6.45. The maximum atomic E-state index is 12.4. The lowest BCUT2D eigenvalue weighted by atomic mass is 10.4. The van der Waals surface area contributed by atoms with Crippen molar-refractivity contribution < 1.29 is 18.3 Å². The van der Waals surface area contributed by atoms with E-state index in [1.54, 1.807) is 7.11 Å². The third-order valence-corrected chi connectivity index (χ3v) is 1.25. The Morgan fingerprint density at radius 3 is 2.50 bits per heavy atom. The van der Waals surface area contributed by atoms with E-state index in [0.29, 0.717) is 13.0 Å². The molecule has 0 aromatic rings. The molecule has 0 heterocycles. The molecule has 2 N–H and O–H groups in total. The SMILES string of the molecule is COCCCOCC(F)(F)CN. The second-order valence-corrected chi connectivity index (χ2v) is 2.46. The standard InChI is InChI=1S/C7H15F2NO2/c1-11-3-2-4-12-6-7(8,9)5-10/h2-6,10H2,1H3. The number of hydrogen-bond acceptors (Lipinski definition) is 3. The van der Waals surface area contributed by atoms with Crippen LogP contribution in [0.25, 0.3) is 0 Å². The van der Waals surface area contributed by atoms with Crippen molar-refractivity contribution in [3.63, 3.8) is 0 Å². The number of nitrogens with two attached hydrogens (primary N) is 1. The fourth-order valence-electron chi connectivity index (χ4n) is 0.586. The molecule has 0 spiro atoms. The number of rotatable bonds is 7. The van der Waals surface area contributed by atoms with Gasteiger partial charge in [-0.3, -0.25) is 0 Å². The number of methoxy groups -OCH3 is 1. The summed E-state index contributed by atoms with van der Waals surface area (Å²) in [5, 5.41) is 0. The largest absolute Gasteiger partial charge is 0.385 e. The van der Waals surface area contributed by atoms with Gasteiger partial charge in [-0.25, -0.2) is 8.78 Å². The van der Waals surface area contributed by atoms with E-state index < -0.39 is 19.1 Å². The Balaban J connectivity index is 3.19. The summed E-state index contributed by atoms with van der Waals surface area (Å²) in [7, 11) is 1.55. The van der Waals surface area contributed by atoms with Gasteiger partial charge in [-0.2, -0.15) is 0 Å². The van der Waals surface area contributed by atoms with Crippen LogP contribution in [-0.4, -0.2) is 39.4 Å². The number of alkyl halides is 2. The van der Waals surface area contributed by atoms with Crippen LogP contribution in [0.5, 0.6) is 0 Å². The van der Waals surface area contributed by atoms with Gasteiger partial charge in [-0.15, -0.1) is 0 Å². The van der Waals surface area contributed by atoms with Gasteiger partial charge in [-0.05, 0) is 6.42 Å². The summed E-state index contributed by atoms with van der Waals surface area (Å²) in [5.41, 5.74) is 4.79. The minimum absolute atomic E-state index is 0.281. The Bertz CT molecular complexity index is 112. The first kappa shape index (κ1) is 11.7. The highest BCUT2D eigenvalue weighted by atomic mass is 19.3. The molecule has 5 heteroatoms. The van der Waals surface area contributed by atoms with Gasteiger partial charge in [0, 0.05) is 20.3 Å². The van der Waals surface area contributed by atoms with Gasteiger partial charge < -0.3 is 15.2 Å². The second kappa shape index (κ2) is 6.28. The van der Waals surface area contributed by atoms with Crippen molar-refractivity contribution in [1.82, 2.24) is 0 Å². The molecule has 0 atom stereocenters. The lowest BCUT2D eigenvalue weighted by Crippen LogP contribution is -2.33. The van der Waals surface area contributed by atoms with Gasteiger partial charge in [0.15, 0.2) is 0 Å². The first-order chi connectivity index (χ1) is 5.62. The second-order valence-electron chi connectivity index (χ2n) is 2.46. The zero-order valence-electron chi connectivity index (χ0n) is 7.19. The summed E-state index contributed by atoms with van der Waals surface area (Å²) in [6, 6.07) is 0. The highest BCUT2D eigenvalue weighted by Crippen LogP contribution is 2.10. The van der Waals surface area contributed by atoms with E-state index in [1.807, 2.05) is 0 Å². The first-order valence-electron chi connectivity index (χ1n) is 3.77. The molecule has 3 nitrogen and oxygen atoms in total. The fraction of sp³-hybridized carbons (Fsp3) is 1.00. The Morgan fingerprint density at radius 2 is 2.00 bits per heavy atom. The lowest BCUT2D eigenvalue weighted by Gasteiger charge is -2.13. The molecule has 74 valence electrons. The molecule has 0 rings (SSSR count). The van der Waals surface area contributed by atoms with Crippen molar-refractivity contribution in [1.29, 1.82) is 0 Å². The predicted molar refractivity (Wildman–Crippen MR) is 41.3 cm³/mol. The molecule has 0 aliphatic heterocycles. The average molecular weight is 183 g/mol. The van der Waals surface area contributed by atoms with E-state index in [-0.39, 0.29) is 6.61 Å². The van der Waals surface area contributed by atoms with Crippen LogP contribution in [0.2, 0.25) is 0 Å². The molecule has 0 unspecified atom stereocenters. The molecular formula is C7H15F2NO2. The van der Waals surface area contributed by atoms with Crippen LogP contribution in [0.3, 0.4) is 0 Å². The molecule has 0 saturated heterocycles. The molecule has 12 heavy (non-hydrogen) atoms. The highest BCUT2D eigenvalue weighted by molar-refractivity contribution is 4.64. The minimum Gasteiger partial charge on any atom is -0.385 e. The molecule has 0 aromatic heterocycles. The highest BCUT2D eigenvalue weighted by Gasteiger charge is 2.26. The number of ether oxygens (including phenoxy) is 2. The smallest absolute Gasteiger partial charge is 0.282 e. The normalized spacial score (nSPS) is 12.0. The summed E-state index contributed by atoms with van der Waals surface area (Å²) in [5.74, 6) is -2.90. The zero-order chi connectivity index (χ0) is 9.45. The van der Waals surface area contributed by atoms with Gasteiger partial charge in [0.25, 0.3) is 5.92 Å². The average Bonchev–Trinajstić information content (AvgIpc) is 2.04. The van der Waals surface area contributed by atoms with E-state index in [2.05, 4.69) is 4.74 Å². The Kier molecular flexibility index (Phi) is 6.14. The molecule has 0 saturated carbocycles. The quantitative estimate of drug-likeness (QED) is 0.589. The van der Waals surface area contributed by atoms with Gasteiger partial charge >= 0.3 is 0 Å². The zero-order valence-corrected chi connectivity index (χ0v) is 7.19. The molecule has 0 aliphatic carbocycles. The summed E-state index contributed by atoms with van der Waals surface area (Å²) in [6.07, 6.45) is 0.622. The van der Waals surface area contributed by atoms with Crippen LogP contribution < -0.4 is 5.73 Å². The van der Waals surface area contributed by atoms with Crippen molar-refractivity contribution in [2.75, 3.05) is 33.5 Å². The number of halogens is 2. The van der Waals surface area contributed by atoms with Gasteiger partial charge in [0.2, 0.25) is 0 Å². The van der Waals surface area contributed by atoms with E-state index in [4.69, 9.17) is 10.5 Å². The monoisotopic (exact) mass is 183 g/mol. The molecule has 0 bridgehead atoms. The van der Waals surface area contributed by atoms with Crippen molar-refractivity contribution >= 4 is 0 Å². The van der Waals surface area contributed by atoms with Crippen LogP contribution in [0.15, 0.2) is 0 Å². The number of hydrogen-bond donors (Lipinski definition) is 1. The van der Waals surface area contributed by atoms with Crippen molar-refractivity contribution in [2.45, 2.75) is 12.3 Å². The van der Waals surface area contributed by atoms with Crippen molar-refractivity contribution in [3.05, 3.63) is 0 Å². The van der Waals surface area contributed by atoms with Crippen LogP contribution in [0.1, 0.15) is 6.42 Å². The van der Waals surface area contributed by atoms with Gasteiger partial charge in [0.1, 0.15) is 6.61 Å². The first-order valence-corrected chi connectivity index (χ1v) is 3.77. The molecule has 0 amide bonds. The van der Waals surface area contributed by atoms with Crippen LogP contribution >= 0.6 is 0 Å². The Labute approximate surface area is 70.8 Å². The van der Waals surface area contributed by atoms with E-state index >= 15 is 0 Å². The topological polar surface area (TPSA) is 44.5 Å². The maximum Gasteiger partial charge on any atom is 0.282 e. The molecule has 0 aliphatic rings. The van der Waals surface area contributed by atoms with Crippen LogP contribution in [-0.2, 0) is 9.47 Å². The summed E-state index contributed by atoms with van der Waals surface area (Å²) < 4.78 is 34.2. The van der Waals surface area contributed by atoms with E-state index in [1.165, 1.54) is 0 Å². The fourth-order valence-corrected chi connectivity index (χ4v) is 0.586. The molecular weight excluding hydrogens is 168 g/mol. The summed E-state index contributed by atoms with van der Waals surface area (Å²) in [6.45, 7) is -0.470.